The van der Waals surface area contributed by atoms with Gasteiger partial charge < -0.3 is 11.1 Å². The van der Waals surface area contributed by atoms with E-state index in [1.807, 2.05) is 19.1 Å². The number of hydrogen-bond acceptors (Lipinski definition) is 3. The lowest BCUT2D eigenvalue weighted by Crippen LogP contribution is -2.51. The van der Waals surface area contributed by atoms with E-state index in [0.29, 0.717) is 12.5 Å². The molecule has 1 heterocycles. The normalized spacial score (nSPS) is 27.4. The molecule has 1 aliphatic rings. The fourth-order valence-corrected chi connectivity index (χ4v) is 2.52. The summed E-state index contributed by atoms with van der Waals surface area (Å²) in [5.74, 6) is 0.629. The van der Waals surface area contributed by atoms with Gasteiger partial charge in [-0.25, -0.2) is 0 Å². The highest BCUT2D eigenvalue weighted by Gasteiger charge is 2.47. The van der Waals surface area contributed by atoms with Crippen molar-refractivity contribution in [2.45, 2.75) is 26.7 Å². The summed E-state index contributed by atoms with van der Waals surface area (Å²) in [5.41, 5.74) is 7.06. The second-order valence-electron chi connectivity index (χ2n) is 5.14. The number of carbonyl (C=O) groups excluding carboxylic acids is 1. The summed E-state index contributed by atoms with van der Waals surface area (Å²) in [6.07, 6.45) is 3.45. The van der Waals surface area contributed by atoms with Crippen molar-refractivity contribution in [1.29, 1.82) is 0 Å². The maximum atomic E-state index is 12.2. The second kappa shape index (κ2) is 4.45. The first-order valence-electron chi connectivity index (χ1n) is 6.00. The fraction of sp³-hybridized carbons (Fsp3) is 0.538. The van der Waals surface area contributed by atoms with Gasteiger partial charge in [0.05, 0.1) is 17.3 Å². The number of rotatable bonds is 3. The molecule has 0 unspecified atom stereocenters. The van der Waals surface area contributed by atoms with Gasteiger partial charge >= 0.3 is 0 Å². The largest absolute Gasteiger partial charge is 0.329 e. The summed E-state index contributed by atoms with van der Waals surface area (Å²) in [6.45, 7) is 4.48. The van der Waals surface area contributed by atoms with Gasteiger partial charge in [0.2, 0.25) is 5.91 Å². The van der Waals surface area contributed by atoms with Crippen LogP contribution in [0.4, 0.5) is 5.69 Å². The van der Waals surface area contributed by atoms with Crippen molar-refractivity contribution in [1.82, 2.24) is 4.98 Å². The van der Waals surface area contributed by atoms with Crippen molar-refractivity contribution in [3.63, 3.8) is 0 Å². The van der Waals surface area contributed by atoms with Crippen molar-refractivity contribution >= 4 is 11.6 Å². The molecule has 0 aliphatic heterocycles. The molecule has 17 heavy (non-hydrogen) atoms. The summed E-state index contributed by atoms with van der Waals surface area (Å²) in [6, 6.07) is 3.75. The van der Waals surface area contributed by atoms with Gasteiger partial charge in [-0.1, -0.05) is 6.92 Å². The Balaban J connectivity index is 2.04. The van der Waals surface area contributed by atoms with Gasteiger partial charge in [0, 0.05) is 12.2 Å². The predicted octanol–water partition coefficient (Wildman–Crippen LogP) is 1.70. The average Bonchev–Trinajstić information content (AvgIpc) is 2.27. The van der Waals surface area contributed by atoms with Crippen LogP contribution in [0.3, 0.4) is 0 Å². The Kier molecular flexibility index (Phi) is 3.15. The standard InChI is InChI=1S/C13H19N3O/c1-9-5-13(6-9,8-14)12(17)16-11-4-3-10(2)15-7-11/h3-4,7,9H,5-6,8,14H2,1-2H3,(H,16,17). The van der Waals surface area contributed by atoms with Crippen LogP contribution in [0.5, 0.6) is 0 Å². The number of aryl methyl sites for hydroxylation is 1. The van der Waals surface area contributed by atoms with Gasteiger partial charge in [0.15, 0.2) is 0 Å². The van der Waals surface area contributed by atoms with E-state index in [1.165, 1.54) is 0 Å². The third kappa shape index (κ3) is 2.31. The predicted molar refractivity (Wildman–Crippen MR) is 67.5 cm³/mol. The molecule has 92 valence electrons. The Morgan fingerprint density at radius 1 is 1.59 bits per heavy atom. The van der Waals surface area contributed by atoms with E-state index < -0.39 is 0 Å². The maximum Gasteiger partial charge on any atom is 0.231 e. The molecule has 0 bridgehead atoms. The third-order valence-electron chi connectivity index (χ3n) is 3.52. The smallest absolute Gasteiger partial charge is 0.231 e. The Morgan fingerprint density at radius 3 is 2.76 bits per heavy atom. The maximum absolute atomic E-state index is 12.2. The number of anilines is 1. The number of pyridine rings is 1. The highest BCUT2D eigenvalue weighted by Crippen LogP contribution is 2.45. The average molecular weight is 233 g/mol. The first-order valence-corrected chi connectivity index (χ1v) is 6.00. The molecule has 1 aromatic heterocycles. The van der Waals surface area contributed by atoms with Crippen molar-refractivity contribution in [2.75, 3.05) is 11.9 Å². The molecule has 0 saturated heterocycles. The molecule has 1 aromatic rings. The highest BCUT2D eigenvalue weighted by molar-refractivity contribution is 5.96. The van der Waals surface area contributed by atoms with Gasteiger partial charge in [-0.3, -0.25) is 9.78 Å². The number of nitrogens with one attached hydrogen (secondary N) is 1. The molecule has 1 aliphatic carbocycles. The first-order chi connectivity index (χ1) is 8.05. The number of hydrogen-bond donors (Lipinski definition) is 2. The Bertz CT molecular complexity index is 407. The van der Waals surface area contributed by atoms with Crippen LogP contribution in [0.1, 0.15) is 25.5 Å². The van der Waals surface area contributed by atoms with Crippen molar-refractivity contribution < 1.29 is 4.79 Å². The van der Waals surface area contributed by atoms with E-state index in [2.05, 4.69) is 17.2 Å². The number of amides is 1. The van der Waals surface area contributed by atoms with Crippen LogP contribution in [-0.2, 0) is 4.79 Å². The van der Waals surface area contributed by atoms with E-state index in [0.717, 1.165) is 24.2 Å². The Hall–Kier alpha value is -1.42. The summed E-state index contributed by atoms with van der Waals surface area (Å²) >= 11 is 0. The topological polar surface area (TPSA) is 68.0 Å². The van der Waals surface area contributed by atoms with Crippen LogP contribution < -0.4 is 11.1 Å². The third-order valence-corrected chi connectivity index (χ3v) is 3.52. The summed E-state index contributed by atoms with van der Waals surface area (Å²) in [5, 5.41) is 2.90. The van der Waals surface area contributed by atoms with Gasteiger partial charge in [0.1, 0.15) is 0 Å². The molecule has 1 amide bonds. The number of carbonyl (C=O) groups is 1. The van der Waals surface area contributed by atoms with Crippen LogP contribution in [-0.4, -0.2) is 17.4 Å². The minimum Gasteiger partial charge on any atom is -0.329 e. The molecule has 0 atom stereocenters. The quantitative estimate of drug-likeness (QED) is 0.835. The summed E-state index contributed by atoms with van der Waals surface area (Å²) < 4.78 is 0. The van der Waals surface area contributed by atoms with E-state index in [-0.39, 0.29) is 11.3 Å². The van der Waals surface area contributed by atoms with E-state index in [9.17, 15) is 4.79 Å². The zero-order valence-corrected chi connectivity index (χ0v) is 10.4. The lowest BCUT2D eigenvalue weighted by Gasteiger charge is -2.44. The van der Waals surface area contributed by atoms with Gasteiger partial charge in [0.25, 0.3) is 0 Å². The van der Waals surface area contributed by atoms with Crippen molar-refractivity contribution in [3.8, 4) is 0 Å². The zero-order valence-electron chi connectivity index (χ0n) is 10.4. The zero-order chi connectivity index (χ0) is 12.5. The highest BCUT2D eigenvalue weighted by atomic mass is 16.2. The van der Waals surface area contributed by atoms with Gasteiger partial charge in [-0.15, -0.1) is 0 Å². The lowest BCUT2D eigenvalue weighted by molar-refractivity contribution is -0.132. The Labute approximate surface area is 102 Å². The molecule has 1 saturated carbocycles. The molecule has 0 radical (unpaired) electrons. The molecule has 3 N–H and O–H groups in total. The molecule has 0 spiro atoms. The first kappa shape index (κ1) is 12.0. The molecular weight excluding hydrogens is 214 g/mol. The van der Waals surface area contributed by atoms with Crippen molar-refractivity contribution in [2.24, 2.45) is 17.1 Å². The molecule has 0 aromatic carbocycles. The fourth-order valence-electron chi connectivity index (χ4n) is 2.52. The number of nitrogens with two attached hydrogens (primary N) is 1. The van der Waals surface area contributed by atoms with Crippen LogP contribution in [0.15, 0.2) is 18.3 Å². The van der Waals surface area contributed by atoms with E-state index in [4.69, 9.17) is 5.73 Å². The molecular formula is C13H19N3O. The van der Waals surface area contributed by atoms with Crippen molar-refractivity contribution in [3.05, 3.63) is 24.0 Å². The van der Waals surface area contributed by atoms with Crippen LogP contribution in [0.2, 0.25) is 0 Å². The van der Waals surface area contributed by atoms with Crippen LogP contribution in [0.25, 0.3) is 0 Å². The monoisotopic (exact) mass is 233 g/mol. The second-order valence-corrected chi connectivity index (χ2v) is 5.14. The number of nitrogens with zero attached hydrogens (tertiary/aromatic N) is 1. The van der Waals surface area contributed by atoms with Gasteiger partial charge in [-0.2, -0.15) is 0 Å². The molecule has 4 nitrogen and oxygen atoms in total. The Morgan fingerprint density at radius 2 is 2.29 bits per heavy atom. The minimum atomic E-state index is -0.357. The SMILES string of the molecule is Cc1ccc(NC(=O)C2(CN)CC(C)C2)cn1. The van der Waals surface area contributed by atoms with Gasteiger partial charge in [-0.05, 0) is 37.8 Å². The molecule has 4 heteroatoms. The summed E-state index contributed by atoms with van der Waals surface area (Å²) in [4.78, 5) is 16.3. The minimum absolute atomic E-state index is 0.0313. The molecule has 2 rings (SSSR count). The van der Waals surface area contributed by atoms with Crippen LogP contribution >= 0.6 is 0 Å². The molecule has 1 fully saturated rings. The van der Waals surface area contributed by atoms with E-state index >= 15 is 0 Å². The van der Waals surface area contributed by atoms with E-state index in [1.54, 1.807) is 6.20 Å². The summed E-state index contributed by atoms with van der Waals surface area (Å²) in [7, 11) is 0. The van der Waals surface area contributed by atoms with Crippen LogP contribution in [0, 0.1) is 18.3 Å². The lowest BCUT2D eigenvalue weighted by atomic mass is 9.62. The number of aromatic nitrogens is 1.